The number of nitrogens with zero attached hydrogens (tertiary/aromatic N) is 4. The van der Waals surface area contributed by atoms with Crippen molar-refractivity contribution in [2.45, 2.75) is 25.9 Å². The fourth-order valence-corrected chi connectivity index (χ4v) is 3.85. The molecule has 0 radical (unpaired) electrons. The van der Waals surface area contributed by atoms with Gasteiger partial charge in [-0.05, 0) is 36.8 Å². The van der Waals surface area contributed by atoms with Crippen molar-refractivity contribution in [2.75, 3.05) is 0 Å². The standard InChI is InChI=1S/C24H20N4O3/c1-16-8-10-17(11-9-16)19-13-21(23-7-4-12-31-23)28(26-19)24(30)15-27-20-6-3-2-5-18(20)22(29)14-25-27/h2-12,14,21H,13,15H2,1H3/t21-/m1/s1. The van der Waals surface area contributed by atoms with Crippen LogP contribution in [0.2, 0.25) is 0 Å². The number of hydrazone groups is 1. The fraction of sp³-hybridized carbons (Fsp3) is 0.167. The SMILES string of the molecule is Cc1ccc(C2=NN(C(=O)Cn3ncc(=O)c4ccccc43)[C@@H](c3ccco3)C2)cc1. The van der Waals surface area contributed by atoms with E-state index in [1.54, 1.807) is 30.5 Å². The van der Waals surface area contributed by atoms with Crippen LogP contribution in [0.25, 0.3) is 10.9 Å². The molecular weight excluding hydrogens is 392 g/mol. The molecule has 2 aromatic carbocycles. The van der Waals surface area contributed by atoms with E-state index in [0.29, 0.717) is 23.1 Å². The largest absolute Gasteiger partial charge is 0.467 e. The molecule has 1 aliphatic rings. The zero-order chi connectivity index (χ0) is 21.4. The van der Waals surface area contributed by atoms with Crippen molar-refractivity contribution in [3.05, 3.63) is 100 Å². The molecule has 3 heterocycles. The molecule has 0 bridgehead atoms. The first-order valence-corrected chi connectivity index (χ1v) is 10.0. The zero-order valence-electron chi connectivity index (χ0n) is 16.9. The van der Waals surface area contributed by atoms with Gasteiger partial charge in [-0.25, -0.2) is 5.01 Å². The maximum absolute atomic E-state index is 13.3. The molecule has 0 unspecified atom stereocenters. The lowest BCUT2D eigenvalue weighted by atomic mass is 10.0. The number of fused-ring (bicyclic) bond motifs is 1. The van der Waals surface area contributed by atoms with Gasteiger partial charge in [-0.3, -0.25) is 14.3 Å². The smallest absolute Gasteiger partial charge is 0.265 e. The van der Waals surface area contributed by atoms with E-state index in [4.69, 9.17) is 4.42 Å². The van der Waals surface area contributed by atoms with Crippen molar-refractivity contribution in [1.82, 2.24) is 14.8 Å². The molecule has 5 rings (SSSR count). The van der Waals surface area contributed by atoms with Crippen molar-refractivity contribution >= 4 is 22.5 Å². The summed E-state index contributed by atoms with van der Waals surface area (Å²) >= 11 is 0. The molecule has 2 aromatic heterocycles. The Morgan fingerprint density at radius 2 is 1.90 bits per heavy atom. The Kier molecular flexibility index (Phi) is 4.71. The number of furan rings is 1. The molecular formula is C24H20N4O3. The van der Waals surface area contributed by atoms with Gasteiger partial charge in [0.2, 0.25) is 5.43 Å². The number of hydrogen-bond acceptors (Lipinski definition) is 5. The summed E-state index contributed by atoms with van der Waals surface area (Å²) in [5, 5.41) is 10.8. The molecule has 0 saturated heterocycles. The summed E-state index contributed by atoms with van der Waals surface area (Å²) in [6, 6.07) is 18.5. The van der Waals surface area contributed by atoms with E-state index in [1.165, 1.54) is 15.9 Å². The van der Waals surface area contributed by atoms with Crippen LogP contribution in [-0.4, -0.2) is 26.4 Å². The van der Waals surface area contributed by atoms with Crippen molar-refractivity contribution < 1.29 is 9.21 Å². The van der Waals surface area contributed by atoms with Crippen LogP contribution in [0.1, 0.15) is 29.3 Å². The maximum atomic E-state index is 13.3. The molecule has 31 heavy (non-hydrogen) atoms. The Labute approximate surface area is 178 Å². The number of aromatic nitrogens is 2. The minimum atomic E-state index is -0.329. The van der Waals surface area contributed by atoms with E-state index in [-0.39, 0.29) is 23.9 Å². The van der Waals surface area contributed by atoms with Crippen LogP contribution in [0.5, 0.6) is 0 Å². The highest BCUT2D eigenvalue weighted by atomic mass is 16.3. The lowest BCUT2D eigenvalue weighted by molar-refractivity contribution is -0.134. The summed E-state index contributed by atoms with van der Waals surface area (Å²) in [6.45, 7) is 1.99. The van der Waals surface area contributed by atoms with Gasteiger partial charge in [-0.1, -0.05) is 42.0 Å². The number of amides is 1. The lowest BCUT2D eigenvalue weighted by Gasteiger charge is -2.20. The molecule has 0 aliphatic carbocycles. The third-order valence-electron chi connectivity index (χ3n) is 5.47. The second kappa shape index (κ2) is 7.68. The van der Waals surface area contributed by atoms with Gasteiger partial charge in [0.25, 0.3) is 5.91 Å². The third-order valence-corrected chi connectivity index (χ3v) is 5.47. The van der Waals surface area contributed by atoms with Crippen LogP contribution in [0, 0.1) is 6.92 Å². The molecule has 4 aromatic rings. The van der Waals surface area contributed by atoms with Crippen LogP contribution in [0.15, 0.2) is 87.4 Å². The van der Waals surface area contributed by atoms with Crippen LogP contribution in [0.3, 0.4) is 0 Å². The number of rotatable bonds is 4. The summed E-state index contributed by atoms with van der Waals surface area (Å²) in [5.41, 5.74) is 3.40. The number of aryl methyl sites for hydroxylation is 1. The topological polar surface area (TPSA) is 80.7 Å². The van der Waals surface area contributed by atoms with Crippen molar-refractivity contribution in [1.29, 1.82) is 0 Å². The van der Waals surface area contributed by atoms with Crippen molar-refractivity contribution in [2.24, 2.45) is 5.10 Å². The van der Waals surface area contributed by atoms with E-state index in [1.807, 2.05) is 43.3 Å². The average Bonchev–Trinajstić information content (AvgIpc) is 3.46. The highest BCUT2D eigenvalue weighted by Crippen LogP contribution is 2.33. The van der Waals surface area contributed by atoms with Gasteiger partial charge < -0.3 is 4.42 Å². The predicted octanol–water partition coefficient (Wildman–Crippen LogP) is 3.68. The first-order chi connectivity index (χ1) is 15.1. The second-order valence-electron chi connectivity index (χ2n) is 7.57. The maximum Gasteiger partial charge on any atom is 0.265 e. The van der Waals surface area contributed by atoms with Gasteiger partial charge in [-0.2, -0.15) is 10.2 Å². The summed E-state index contributed by atoms with van der Waals surface area (Å²) < 4.78 is 7.15. The highest BCUT2D eigenvalue weighted by molar-refractivity contribution is 6.03. The Hall–Kier alpha value is -4.00. The van der Waals surface area contributed by atoms with E-state index in [0.717, 1.165) is 16.8 Å². The molecule has 7 heteroatoms. The van der Waals surface area contributed by atoms with Gasteiger partial charge in [0.1, 0.15) is 18.3 Å². The van der Waals surface area contributed by atoms with E-state index >= 15 is 0 Å². The number of para-hydroxylation sites is 1. The van der Waals surface area contributed by atoms with Crippen molar-refractivity contribution in [3.8, 4) is 0 Å². The molecule has 1 amide bonds. The monoisotopic (exact) mass is 412 g/mol. The van der Waals surface area contributed by atoms with Crippen LogP contribution in [-0.2, 0) is 11.3 Å². The first kappa shape index (κ1) is 19.0. The normalized spacial score (nSPS) is 16.0. The molecule has 0 N–H and O–H groups in total. The average molecular weight is 412 g/mol. The summed E-state index contributed by atoms with van der Waals surface area (Å²) in [7, 11) is 0. The molecule has 154 valence electrons. The fourth-order valence-electron chi connectivity index (χ4n) is 3.85. The van der Waals surface area contributed by atoms with Gasteiger partial charge in [0.15, 0.2) is 0 Å². The molecule has 1 atom stereocenters. The van der Waals surface area contributed by atoms with Crippen LogP contribution in [0.4, 0.5) is 0 Å². The van der Waals surface area contributed by atoms with E-state index in [9.17, 15) is 9.59 Å². The second-order valence-corrected chi connectivity index (χ2v) is 7.57. The zero-order valence-corrected chi connectivity index (χ0v) is 16.9. The molecule has 1 aliphatic heterocycles. The molecule has 0 spiro atoms. The van der Waals surface area contributed by atoms with Crippen LogP contribution < -0.4 is 5.43 Å². The van der Waals surface area contributed by atoms with Crippen LogP contribution >= 0.6 is 0 Å². The Bertz CT molecular complexity index is 1340. The predicted molar refractivity (Wildman–Crippen MR) is 117 cm³/mol. The number of carbonyl (C=O) groups excluding carboxylic acids is 1. The Morgan fingerprint density at radius 1 is 1.10 bits per heavy atom. The van der Waals surface area contributed by atoms with Gasteiger partial charge >= 0.3 is 0 Å². The first-order valence-electron chi connectivity index (χ1n) is 10.0. The quantitative estimate of drug-likeness (QED) is 0.512. The number of benzene rings is 2. The highest BCUT2D eigenvalue weighted by Gasteiger charge is 2.35. The third kappa shape index (κ3) is 3.54. The number of hydrogen-bond donors (Lipinski definition) is 0. The number of carbonyl (C=O) groups is 1. The molecule has 0 saturated carbocycles. The van der Waals surface area contributed by atoms with Gasteiger partial charge in [0, 0.05) is 11.8 Å². The summed E-state index contributed by atoms with van der Waals surface area (Å²) in [4.78, 5) is 25.4. The lowest BCUT2D eigenvalue weighted by Crippen LogP contribution is -2.31. The Morgan fingerprint density at radius 3 is 2.68 bits per heavy atom. The molecule has 7 nitrogen and oxygen atoms in total. The van der Waals surface area contributed by atoms with E-state index in [2.05, 4.69) is 10.2 Å². The summed E-state index contributed by atoms with van der Waals surface area (Å²) in [5.74, 6) is 0.446. The van der Waals surface area contributed by atoms with E-state index < -0.39 is 0 Å². The molecule has 0 fully saturated rings. The van der Waals surface area contributed by atoms with Crippen molar-refractivity contribution in [3.63, 3.8) is 0 Å². The minimum Gasteiger partial charge on any atom is -0.467 e. The van der Waals surface area contributed by atoms with Gasteiger partial charge in [0.05, 0.1) is 23.7 Å². The Balaban J connectivity index is 1.50. The van der Waals surface area contributed by atoms with Gasteiger partial charge in [-0.15, -0.1) is 0 Å². The summed E-state index contributed by atoms with van der Waals surface area (Å²) in [6.07, 6.45) is 3.39. The minimum absolute atomic E-state index is 0.0390.